The van der Waals surface area contributed by atoms with Crippen LogP contribution in [-0.2, 0) is 7.05 Å². The Balaban J connectivity index is 1.40. The maximum atomic E-state index is 5.51. The van der Waals surface area contributed by atoms with Crippen LogP contribution in [0.5, 0.6) is 0 Å². The molecule has 8 rings (SSSR count). The average Bonchev–Trinajstić information content (AvgIpc) is 3.60. The summed E-state index contributed by atoms with van der Waals surface area (Å²) in [6, 6.07) is 41.3. The van der Waals surface area contributed by atoms with Crippen LogP contribution in [0.1, 0.15) is 5.56 Å². The topological polar surface area (TPSA) is 34.8 Å². The van der Waals surface area contributed by atoms with E-state index in [0.717, 1.165) is 33.4 Å². The summed E-state index contributed by atoms with van der Waals surface area (Å²) in [5, 5.41) is 4.73. The molecule has 190 valence electrons. The zero-order valence-corrected chi connectivity index (χ0v) is 22.3. The minimum absolute atomic E-state index is 0.812. The van der Waals surface area contributed by atoms with E-state index in [2.05, 4.69) is 137 Å². The van der Waals surface area contributed by atoms with Crippen LogP contribution in [0.4, 0.5) is 0 Å². The minimum Gasteiger partial charge on any atom is -0.443 e. The van der Waals surface area contributed by atoms with Gasteiger partial charge in [0.2, 0.25) is 0 Å². The third-order valence-corrected chi connectivity index (χ3v) is 8.14. The molecule has 0 amide bonds. The molecule has 0 saturated carbocycles. The van der Waals surface area contributed by atoms with Crippen LogP contribution in [0.3, 0.4) is 0 Å². The van der Waals surface area contributed by atoms with E-state index in [1.54, 1.807) is 0 Å². The molecular weight excluding hydrogens is 490 g/mol. The molecule has 4 heteroatoms. The molecule has 0 spiro atoms. The summed E-state index contributed by atoms with van der Waals surface area (Å²) in [5.41, 5.74) is 10.1. The number of aryl methyl sites for hydroxylation is 2. The van der Waals surface area contributed by atoms with Crippen molar-refractivity contribution < 1.29 is 8.98 Å². The fourth-order valence-corrected chi connectivity index (χ4v) is 6.13. The number of hydrogen-bond donors (Lipinski definition) is 0. The maximum Gasteiger partial charge on any atom is 0.295 e. The first-order chi connectivity index (χ1) is 19.7. The van der Waals surface area contributed by atoms with Crippen molar-refractivity contribution in [3.8, 4) is 28.2 Å². The van der Waals surface area contributed by atoms with Crippen LogP contribution in [0, 0.1) is 6.92 Å². The number of benzene rings is 6. The van der Waals surface area contributed by atoms with E-state index in [1.165, 1.54) is 50.5 Å². The van der Waals surface area contributed by atoms with Crippen molar-refractivity contribution in [2.75, 3.05) is 0 Å². The summed E-state index contributed by atoms with van der Waals surface area (Å²) < 4.78 is 10.3. The van der Waals surface area contributed by atoms with E-state index in [0.29, 0.717) is 0 Å². The van der Waals surface area contributed by atoms with Gasteiger partial charge in [-0.3, -0.25) is 0 Å². The third kappa shape index (κ3) is 3.33. The lowest BCUT2D eigenvalue weighted by molar-refractivity contribution is -0.633. The number of imidazole rings is 1. The average molecular weight is 517 g/mol. The normalized spacial score (nSPS) is 11.8. The van der Waals surface area contributed by atoms with Crippen molar-refractivity contribution in [1.82, 2.24) is 9.55 Å². The Morgan fingerprint density at radius 3 is 2.38 bits per heavy atom. The molecule has 40 heavy (non-hydrogen) atoms. The van der Waals surface area contributed by atoms with Gasteiger partial charge in [0.1, 0.15) is 11.2 Å². The Hall–Kier alpha value is -5.22. The zero-order chi connectivity index (χ0) is 26.8. The van der Waals surface area contributed by atoms with Gasteiger partial charge in [-0.15, -0.1) is 0 Å². The summed E-state index contributed by atoms with van der Waals surface area (Å²) in [7, 11) is 2.18. The molecule has 0 bridgehead atoms. The molecule has 0 aliphatic carbocycles. The van der Waals surface area contributed by atoms with E-state index in [-0.39, 0.29) is 0 Å². The van der Waals surface area contributed by atoms with E-state index in [1.807, 2.05) is 6.07 Å². The maximum absolute atomic E-state index is 5.51. The van der Waals surface area contributed by atoms with Crippen molar-refractivity contribution in [3.05, 3.63) is 127 Å². The van der Waals surface area contributed by atoms with Crippen molar-refractivity contribution in [2.24, 2.45) is 7.05 Å². The second-order valence-electron chi connectivity index (χ2n) is 10.4. The highest BCUT2D eigenvalue weighted by molar-refractivity contribution is 6.06. The van der Waals surface area contributed by atoms with Gasteiger partial charge in [0.05, 0.1) is 12.6 Å². The van der Waals surface area contributed by atoms with Crippen LogP contribution < -0.4 is 4.57 Å². The Bertz CT molecular complexity index is 2240. The number of fused-ring (bicyclic) bond motifs is 6. The minimum atomic E-state index is 0.812. The van der Waals surface area contributed by atoms with Crippen LogP contribution >= 0.6 is 0 Å². The Morgan fingerprint density at radius 1 is 0.700 bits per heavy atom. The zero-order valence-electron chi connectivity index (χ0n) is 22.3. The Kier molecular flexibility index (Phi) is 4.92. The summed E-state index contributed by atoms with van der Waals surface area (Å²) in [6.07, 6.45) is 1.51. The number of rotatable bonds is 3. The second kappa shape index (κ2) is 8.65. The first kappa shape index (κ1) is 22.7. The van der Waals surface area contributed by atoms with Crippen molar-refractivity contribution >= 4 is 43.7 Å². The highest BCUT2D eigenvalue weighted by Crippen LogP contribution is 2.36. The molecule has 2 heterocycles. The van der Waals surface area contributed by atoms with Gasteiger partial charge in [-0.05, 0) is 82.9 Å². The number of para-hydroxylation sites is 1. The monoisotopic (exact) mass is 516 g/mol. The van der Waals surface area contributed by atoms with Gasteiger partial charge in [0.25, 0.3) is 5.82 Å². The summed E-state index contributed by atoms with van der Waals surface area (Å²) >= 11 is 0. The van der Waals surface area contributed by atoms with Crippen molar-refractivity contribution in [3.63, 3.8) is 0 Å². The molecule has 8 aromatic rings. The fraction of sp³-hybridized carbons (Fsp3) is 0.0556. The van der Waals surface area contributed by atoms with Crippen LogP contribution in [-0.4, -0.2) is 9.55 Å². The van der Waals surface area contributed by atoms with Crippen molar-refractivity contribution in [1.29, 1.82) is 0 Å². The molecule has 0 saturated heterocycles. The molecular formula is C36H26N3O+. The lowest BCUT2D eigenvalue weighted by Gasteiger charge is -2.10. The standard InChI is InChI=1S/C36H26N3O/c1-23-12-13-26(25-14-17-29-27(20-25)16-19-33-34(29)37-22-40-33)21-31(23)36-38(2)32-18-15-24-8-6-7-11-30(24)35(32)39(36)28-9-4-3-5-10-28/h3-22H,1-2H3/q+1. The van der Waals surface area contributed by atoms with Crippen molar-refractivity contribution in [2.45, 2.75) is 6.92 Å². The van der Waals surface area contributed by atoms with Crippen LogP contribution in [0.15, 0.2) is 126 Å². The second-order valence-corrected chi connectivity index (χ2v) is 10.4. The molecule has 0 N–H and O–H groups in total. The van der Waals surface area contributed by atoms with Gasteiger partial charge in [0.15, 0.2) is 23.0 Å². The predicted octanol–water partition coefficient (Wildman–Crippen LogP) is 8.55. The van der Waals surface area contributed by atoms with Gasteiger partial charge in [-0.25, -0.2) is 9.55 Å². The molecule has 0 fully saturated rings. The number of aromatic nitrogens is 3. The van der Waals surface area contributed by atoms with Gasteiger partial charge < -0.3 is 4.42 Å². The summed E-state index contributed by atoms with van der Waals surface area (Å²) in [4.78, 5) is 4.43. The predicted molar refractivity (Wildman–Crippen MR) is 163 cm³/mol. The molecule has 4 nitrogen and oxygen atoms in total. The highest BCUT2D eigenvalue weighted by Gasteiger charge is 2.28. The highest BCUT2D eigenvalue weighted by atomic mass is 16.3. The fourth-order valence-electron chi connectivity index (χ4n) is 6.13. The largest absolute Gasteiger partial charge is 0.443 e. The van der Waals surface area contributed by atoms with E-state index < -0.39 is 0 Å². The molecule has 0 aliphatic heterocycles. The van der Waals surface area contributed by atoms with Gasteiger partial charge in [-0.2, -0.15) is 4.57 Å². The summed E-state index contributed by atoms with van der Waals surface area (Å²) in [5.74, 6) is 1.15. The molecule has 0 unspecified atom stereocenters. The lowest BCUT2D eigenvalue weighted by atomic mass is 9.97. The molecule has 0 aliphatic rings. The number of hydrogen-bond acceptors (Lipinski definition) is 2. The smallest absolute Gasteiger partial charge is 0.295 e. The van der Waals surface area contributed by atoms with Gasteiger partial charge in [-0.1, -0.05) is 66.7 Å². The quantitative estimate of drug-likeness (QED) is 0.221. The molecule has 6 aromatic carbocycles. The molecule has 0 radical (unpaired) electrons. The molecule has 2 aromatic heterocycles. The Labute approximate surface area is 231 Å². The first-order valence-corrected chi connectivity index (χ1v) is 13.5. The Morgan fingerprint density at radius 2 is 1.48 bits per heavy atom. The van der Waals surface area contributed by atoms with Crippen LogP contribution in [0.2, 0.25) is 0 Å². The summed E-state index contributed by atoms with van der Waals surface area (Å²) in [6.45, 7) is 2.20. The first-order valence-electron chi connectivity index (χ1n) is 13.5. The van der Waals surface area contributed by atoms with Crippen LogP contribution in [0.25, 0.3) is 71.9 Å². The SMILES string of the molecule is Cc1ccc(-c2ccc3c(ccc4ocnc43)c2)cc1-c1n(-c2ccccc2)c2c3ccccc3ccc2[n+]1C. The molecule has 0 atom stereocenters. The number of oxazole rings is 1. The van der Waals surface area contributed by atoms with Gasteiger partial charge in [0, 0.05) is 10.8 Å². The van der Waals surface area contributed by atoms with E-state index in [9.17, 15) is 0 Å². The van der Waals surface area contributed by atoms with Gasteiger partial charge >= 0.3 is 0 Å². The third-order valence-electron chi connectivity index (χ3n) is 8.14. The lowest BCUT2D eigenvalue weighted by Crippen LogP contribution is -2.30. The number of nitrogens with zero attached hydrogens (tertiary/aromatic N) is 3. The van der Waals surface area contributed by atoms with E-state index in [4.69, 9.17) is 4.42 Å². The van der Waals surface area contributed by atoms with E-state index >= 15 is 0 Å².